The van der Waals surface area contributed by atoms with Gasteiger partial charge < -0.3 is 5.11 Å². The van der Waals surface area contributed by atoms with E-state index in [0.29, 0.717) is 6.61 Å². The lowest BCUT2D eigenvalue weighted by Gasteiger charge is -2.36. The normalized spacial score (nSPS) is 25.4. The topological polar surface area (TPSA) is 23.5 Å². The van der Waals surface area contributed by atoms with E-state index in [1.807, 2.05) is 0 Å². The first kappa shape index (κ1) is 9.01. The van der Waals surface area contributed by atoms with Crippen LogP contribution in [0.2, 0.25) is 0 Å². The van der Waals surface area contributed by atoms with Crippen molar-refractivity contribution in [1.29, 1.82) is 0 Å². The van der Waals surface area contributed by atoms with Crippen molar-refractivity contribution in [2.75, 3.05) is 19.7 Å². The van der Waals surface area contributed by atoms with Crippen molar-refractivity contribution in [2.45, 2.75) is 38.6 Å². The van der Waals surface area contributed by atoms with E-state index in [4.69, 9.17) is 0 Å². The second kappa shape index (κ2) is 3.55. The van der Waals surface area contributed by atoms with Gasteiger partial charge in [-0.05, 0) is 39.3 Å². The first-order valence-corrected chi connectivity index (χ1v) is 4.59. The molecule has 0 bridgehead atoms. The molecule has 0 amide bonds. The fraction of sp³-hybridized carbons (Fsp3) is 1.00. The van der Waals surface area contributed by atoms with Gasteiger partial charge in [0.25, 0.3) is 0 Å². The molecule has 0 aromatic heterocycles. The monoisotopic (exact) mass is 157 g/mol. The van der Waals surface area contributed by atoms with Crippen LogP contribution in [0, 0.1) is 0 Å². The highest BCUT2D eigenvalue weighted by atomic mass is 16.3. The maximum absolute atomic E-state index is 9.20. The van der Waals surface area contributed by atoms with Gasteiger partial charge in [0, 0.05) is 5.54 Å². The van der Waals surface area contributed by atoms with Gasteiger partial charge in [0.2, 0.25) is 0 Å². The Morgan fingerprint density at radius 1 is 1.36 bits per heavy atom. The van der Waals surface area contributed by atoms with Crippen LogP contribution in [-0.2, 0) is 0 Å². The van der Waals surface area contributed by atoms with Crippen LogP contribution in [0.15, 0.2) is 0 Å². The minimum absolute atomic E-state index is 0.0521. The highest BCUT2D eigenvalue weighted by Gasteiger charge is 2.30. The van der Waals surface area contributed by atoms with E-state index in [0.717, 1.165) is 6.42 Å². The molecular formula is C9H19NO. The third-order valence-electron chi connectivity index (χ3n) is 2.97. The predicted molar refractivity (Wildman–Crippen MR) is 46.6 cm³/mol. The summed E-state index contributed by atoms with van der Waals surface area (Å²) < 4.78 is 0. The SMILES string of the molecule is CCC(C)(CO)N1CCCC1. The molecule has 1 fully saturated rings. The summed E-state index contributed by atoms with van der Waals surface area (Å²) in [5, 5.41) is 9.20. The summed E-state index contributed by atoms with van der Waals surface area (Å²) in [5.74, 6) is 0. The maximum Gasteiger partial charge on any atom is 0.0612 e. The van der Waals surface area contributed by atoms with E-state index in [1.165, 1.54) is 25.9 Å². The molecule has 0 spiro atoms. The first-order valence-electron chi connectivity index (χ1n) is 4.59. The Balaban J connectivity index is 2.52. The molecule has 0 saturated carbocycles. The van der Waals surface area contributed by atoms with Crippen LogP contribution < -0.4 is 0 Å². The van der Waals surface area contributed by atoms with E-state index in [1.54, 1.807) is 0 Å². The zero-order valence-corrected chi connectivity index (χ0v) is 7.64. The van der Waals surface area contributed by atoms with Gasteiger partial charge in [-0.1, -0.05) is 6.92 Å². The van der Waals surface area contributed by atoms with Crippen LogP contribution in [0.5, 0.6) is 0 Å². The smallest absolute Gasteiger partial charge is 0.0612 e. The standard InChI is InChI=1S/C9H19NO/c1-3-9(2,8-11)10-6-4-5-7-10/h11H,3-8H2,1-2H3. The van der Waals surface area contributed by atoms with Crippen molar-refractivity contribution in [1.82, 2.24) is 4.90 Å². The Bertz CT molecular complexity index is 115. The summed E-state index contributed by atoms with van der Waals surface area (Å²) in [7, 11) is 0. The Kier molecular flexibility index (Phi) is 2.90. The molecule has 2 heteroatoms. The molecule has 1 unspecified atom stereocenters. The quantitative estimate of drug-likeness (QED) is 0.666. The lowest BCUT2D eigenvalue weighted by molar-refractivity contribution is 0.0589. The summed E-state index contributed by atoms with van der Waals surface area (Å²) >= 11 is 0. The number of nitrogens with zero attached hydrogens (tertiary/aromatic N) is 1. The molecule has 0 aromatic carbocycles. The number of aliphatic hydroxyl groups excluding tert-OH is 1. The largest absolute Gasteiger partial charge is 0.394 e. The lowest BCUT2D eigenvalue weighted by Crippen LogP contribution is -2.47. The summed E-state index contributed by atoms with van der Waals surface area (Å²) in [6, 6.07) is 0. The molecule has 11 heavy (non-hydrogen) atoms. The molecule has 1 heterocycles. The fourth-order valence-electron chi connectivity index (χ4n) is 1.69. The fourth-order valence-corrected chi connectivity index (χ4v) is 1.69. The van der Waals surface area contributed by atoms with Crippen molar-refractivity contribution in [3.63, 3.8) is 0 Å². The minimum Gasteiger partial charge on any atom is -0.394 e. The van der Waals surface area contributed by atoms with Crippen LogP contribution in [0.3, 0.4) is 0 Å². The van der Waals surface area contributed by atoms with E-state index in [-0.39, 0.29) is 5.54 Å². The molecule has 1 atom stereocenters. The van der Waals surface area contributed by atoms with Crippen LogP contribution in [0.1, 0.15) is 33.1 Å². The van der Waals surface area contributed by atoms with Gasteiger partial charge >= 0.3 is 0 Å². The first-order chi connectivity index (χ1) is 5.23. The van der Waals surface area contributed by atoms with Crippen molar-refractivity contribution >= 4 is 0 Å². The second-order valence-corrected chi connectivity index (χ2v) is 3.70. The van der Waals surface area contributed by atoms with Crippen LogP contribution in [-0.4, -0.2) is 35.2 Å². The third-order valence-corrected chi connectivity index (χ3v) is 2.97. The molecule has 1 aliphatic rings. The molecule has 0 aliphatic carbocycles. The summed E-state index contributed by atoms with van der Waals surface area (Å²) in [6.07, 6.45) is 3.65. The summed E-state index contributed by atoms with van der Waals surface area (Å²) in [5.41, 5.74) is 0.0521. The number of aliphatic hydroxyl groups is 1. The van der Waals surface area contributed by atoms with Crippen molar-refractivity contribution < 1.29 is 5.11 Å². The van der Waals surface area contributed by atoms with Crippen molar-refractivity contribution in [3.05, 3.63) is 0 Å². The molecular weight excluding hydrogens is 138 g/mol. The van der Waals surface area contributed by atoms with E-state index in [9.17, 15) is 5.11 Å². The molecule has 0 radical (unpaired) electrons. The Labute approximate surface area is 69.2 Å². The highest BCUT2D eigenvalue weighted by molar-refractivity contribution is 4.86. The average molecular weight is 157 g/mol. The molecule has 1 saturated heterocycles. The molecule has 1 rings (SSSR count). The van der Waals surface area contributed by atoms with Crippen LogP contribution >= 0.6 is 0 Å². The van der Waals surface area contributed by atoms with Gasteiger partial charge in [-0.25, -0.2) is 0 Å². The number of rotatable bonds is 3. The second-order valence-electron chi connectivity index (χ2n) is 3.70. The zero-order chi connectivity index (χ0) is 8.32. The van der Waals surface area contributed by atoms with Gasteiger partial charge in [0.1, 0.15) is 0 Å². The molecule has 66 valence electrons. The maximum atomic E-state index is 9.20. The third kappa shape index (κ3) is 1.74. The minimum atomic E-state index is 0.0521. The number of hydrogen-bond donors (Lipinski definition) is 1. The van der Waals surface area contributed by atoms with Crippen LogP contribution in [0.25, 0.3) is 0 Å². The summed E-state index contributed by atoms with van der Waals surface area (Å²) in [6.45, 7) is 6.94. The zero-order valence-electron chi connectivity index (χ0n) is 7.64. The molecule has 1 N–H and O–H groups in total. The van der Waals surface area contributed by atoms with E-state index >= 15 is 0 Å². The van der Waals surface area contributed by atoms with Gasteiger partial charge in [-0.3, -0.25) is 4.90 Å². The van der Waals surface area contributed by atoms with Gasteiger partial charge in [0.05, 0.1) is 6.61 Å². The Hall–Kier alpha value is -0.0800. The predicted octanol–water partition coefficient (Wildman–Crippen LogP) is 1.24. The molecule has 2 nitrogen and oxygen atoms in total. The lowest BCUT2D eigenvalue weighted by atomic mass is 9.98. The Morgan fingerprint density at radius 3 is 2.27 bits per heavy atom. The molecule has 1 aliphatic heterocycles. The van der Waals surface area contributed by atoms with Crippen LogP contribution in [0.4, 0.5) is 0 Å². The summed E-state index contributed by atoms with van der Waals surface area (Å²) in [4.78, 5) is 2.41. The average Bonchev–Trinajstić information content (AvgIpc) is 2.55. The van der Waals surface area contributed by atoms with E-state index < -0.39 is 0 Å². The Morgan fingerprint density at radius 2 is 1.91 bits per heavy atom. The van der Waals surface area contributed by atoms with Gasteiger partial charge in [-0.15, -0.1) is 0 Å². The molecule has 0 aromatic rings. The number of likely N-dealkylation sites (tertiary alicyclic amines) is 1. The van der Waals surface area contributed by atoms with Gasteiger partial charge in [-0.2, -0.15) is 0 Å². The van der Waals surface area contributed by atoms with Crippen molar-refractivity contribution in [3.8, 4) is 0 Å². The number of hydrogen-bond acceptors (Lipinski definition) is 2. The van der Waals surface area contributed by atoms with Gasteiger partial charge in [0.15, 0.2) is 0 Å². The highest BCUT2D eigenvalue weighted by Crippen LogP contribution is 2.23. The van der Waals surface area contributed by atoms with E-state index in [2.05, 4.69) is 18.7 Å². The van der Waals surface area contributed by atoms with Crippen molar-refractivity contribution in [2.24, 2.45) is 0 Å².